The highest BCUT2D eigenvalue weighted by molar-refractivity contribution is 7.89. The van der Waals surface area contributed by atoms with Crippen LogP contribution in [0.5, 0.6) is 5.75 Å². The van der Waals surface area contributed by atoms with E-state index in [-0.39, 0.29) is 10.8 Å². The summed E-state index contributed by atoms with van der Waals surface area (Å²) in [6.45, 7) is 1.69. The van der Waals surface area contributed by atoms with Crippen LogP contribution in [0.15, 0.2) is 47.4 Å². The minimum atomic E-state index is -3.59. The Bertz CT molecular complexity index is 832. The number of benzene rings is 2. The average molecular weight is 334 g/mol. The number of hydrogen-bond donors (Lipinski definition) is 2. The van der Waals surface area contributed by atoms with Gasteiger partial charge in [0.15, 0.2) is 0 Å². The molecular weight excluding hydrogens is 316 g/mol. The molecule has 0 unspecified atom stereocenters. The fourth-order valence-electron chi connectivity index (χ4n) is 2.11. The summed E-state index contributed by atoms with van der Waals surface area (Å²) < 4.78 is 31.4. The molecule has 2 N–H and O–H groups in total. The second kappa shape index (κ2) is 6.80. The van der Waals surface area contributed by atoms with E-state index < -0.39 is 10.0 Å². The van der Waals surface area contributed by atoms with Crippen LogP contribution in [-0.2, 0) is 10.0 Å². The number of nitrogens with one attached hydrogen (secondary N) is 2. The number of hydrogen-bond acceptors (Lipinski definition) is 4. The molecule has 0 saturated carbocycles. The van der Waals surface area contributed by atoms with Gasteiger partial charge in [-0.2, -0.15) is 0 Å². The number of carbonyl (C=O) groups excluding carboxylic acids is 1. The van der Waals surface area contributed by atoms with Crippen molar-refractivity contribution in [1.29, 1.82) is 0 Å². The van der Waals surface area contributed by atoms with E-state index in [1.54, 1.807) is 43.3 Å². The van der Waals surface area contributed by atoms with E-state index in [2.05, 4.69) is 10.0 Å². The molecule has 7 heteroatoms. The molecule has 0 radical (unpaired) electrons. The first-order valence-corrected chi connectivity index (χ1v) is 8.36. The number of rotatable bonds is 5. The minimum absolute atomic E-state index is 0.123. The summed E-state index contributed by atoms with van der Waals surface area (Å²) in [6.07, 6.45) is 0. The van der Waals surface area contributed by atoms with E-state index in [1.807, 2.05) is 0 Å². The van der Waals surface area contributed by atoms with Crippen LogP contribution in [0, 0.1) is 6.92 Å². The summed E-state index contributed by atoms with van der Waals surface area (Å²) in [5.74, 6) is 0.0688. The SMILES string of the molecule is CNS(=O)(=O)c1cc(NC(=O)c2ccccc2OC)ccc1C. The Kier molecular flexibility index (Phi) is 5.02. The summed E-state index contributed by atoms with van der Waals surface area (Å²) in [5.41, 5.74) is 1.35. The van der Waals surface area contributed by atoms with Gasteiger partial charge in [0.1, 0.15) is 5.75 Å². The van der Waals surface area contributed by atoms with Crippen molar-refractivity contribution in [2.24, 2.45) is 0 Å². The monoisotopic (exact) mass is 334 g/mol. The van der Waals surface area contributed by atoms with Gasteiger partial charge in [-0.15, -0.1) is 0 Å². The Morgan fingerprint density at radius 3 is 2.48 bits per heavy atom. The maximum atomic E-state index is 12.4. The average Bonchev–Trinajstić information content (AvgIpc) is 2.56. The van der Waals surface area contributed by atoms with Gasteiger partial charge in [0, 0.05) is 5.69 Å². The molecule has 6 nitrogen and oxygen atoms in total. The lowest BCUT2D eigenvalue weighted by Gasteiger charge is -2.12. The molecule has 2 aromatic carbocycles. The molecule has 0 aliphatic rings. The third kappa shape index (κ3) is 3.69. The fraction of sp³-hybridized carbons (Fsp3) is 0.188. The molecule has 0 saturated heterocycles. The summed E-state index contributed by atoms with van der Waals surface area (Å²) in [5, 5.41) is 2.69. The zero-order valence-corrected chi connectivity index (χ0v) is 13.9. The number of para-hydroxylation sites is 1. The molecule has 0 aliphatic carbocycles. The van der Waals surface area contributed by atoms with Gasteiger partial charge in [-0.1, -0.05) is 18.2 Å². The summed E-state index contributed by atoms with van der Waals surface area (Å²) in [7, 11) is -0.767. The van der Waals surface area contributed by atoms with Crippen LogP contribution in [0.4, 0.5) is 5.69 Å². The predicted molar refractivity (Wildman–Crippen MR) is 88.4 cm³/mol. The Morgan fingerprint density at radius 2 is 1.83 bits per heavy atom. The van der Waals surface area contributed by atoms with Gasteiger partial charge >= 0.3 is 0 Å². The maximum absolute atomic E-state index is 12.4. The standard InChI is InChI=1S/C16H18N2O4S/c1-11-8-9-12(10-15(11)23(20,21)17-2)18-16(19)13-6-4-5-7-14(13)22-3/h4-10,17H,1-3H3,(H,18,19). The normalized spacial score (nSPS) is 11.1. The number of carbonyl (C=O) groups is 1. The third-order valence-corrected chi connectivity index (χ3v) is 4.91. The highest BCUT2D eigenvalue weighted by atomic mass is 32.2. The van der Waals surface area contributed by atoms with Crippen molar-refractivity contribution in [3.8, 4) is 5.75 Å². The first-order valence-electron chi connectivity index (χ1n) is 6.87. The second-order valence-electron chi connectivity index (χ2n) is 4.84. The van der Waals surface area contributed by atoms with Crippen LogP contribution in [0.3, 0.4) is 0 Å². The Hall–Kier alpha value is -2.38. The molecule has 0 spiro atoms. The number of ether oxygens (including phenoxy) is 1. The van der Waals surface area contributed by atoms with Crippen LogP contribution < -0.4 is 14.8 Å². The van der Waals surface area contributed by atoms with Crippen LogP contribution >= 0.6 is 0 Å². The predicted octanol–water partition coefficient (Wildman–Crippen LogP) is 2.16. The fourth-order valence-corrected chi connectivity index (χ4v) is 3.10. The van der Waals surface area contributed by atoms with Gasteiger partial charge in [-0.25, -0.2) is 13.1 Å². The molecule has 0 aromatic heterocycles. The van der Waals surface area contributed by atoms with Gasteiger partial charge in [-0.05, 0) is 43.8 Å². The number of anilines is 1. The number of methoxy groups -OCH3 is 1. The van der Waals surface area contributed by atoms with Crippen molar-refractivity contribution in [1.82, 2.24) is 4.72 Å². The van der Waals surface area contributed by atoms with E-state index >= 15 is 0 Å². The van der Waals surface area contributed by atoms with Crippen LogP contribution in [-0.4, -0.2) is 28.5 Å². The number of amides is 1. The molecule has 23 heavy (non-hydrogen) atoms. The smallest absolute Gasteiger partial charge is 0.259 e. The van der Waals surface area contributed by atoms with Crippen molar-refractivity contribution in [3.05, 3.63) is 53.6 Å². The number of aryl methyl sites for hydroxylation is 1. The van der Waals surface area contributed by atoms with Crippen LogP contribution in [0.2, 0.25) is 0 Å². The lowest BCUT2D eigenvalue weighted by Crippen LogP contribution is -2.20. The Labute approximate surface area is 135 Å². The topological polar surface area (TPSA) is 84.5 Å². The molecule has 2 aromatic rings. The molecular formula is C16H18N2O4S. The lowest BCUT2D eigenvalue weighted by molar-refractivity contribution is 0.102. The zero-order valence-electron chi connectivity index (χ0n) is 13.1. The largest absolute Gasteiger partial charge is 0.496 e. The van der Waals surface area contributed by atoms with Crippen molar-refractivity contribution in [2.75, 3.05) is 19.5 Å². The van der Waals surface area contributed by atoms with Gasteiger partial charge in [0.25, 0.3) is 5.91 Å². The van der Waals surface area contributed by atoms with Crippen molar-refractivity contribution < 1.29 is 17.9 Å². The quantitative estimate of drug-likeness (QED) is 0.877. The van der Waals surface area contributed by atoms with Crippen molar-refractivity contribution in [2.45, 2.75) is 11.8 Å². The molecule has 0 fully saturated rings. The second-order valence-corrected chi connectivity index (χ2v) is 6.70. The molecule has 0 heterocycles. The van der Waals surface area contributed by atoms with Gasteiger partial charge in [0.05, 0.1) is 17.6 Å². The summed E-state index contributed by atoms with van der Waals surface area (Å²) in [6, 6.07) is 11.5. The molecule has 0 atom stereocenters. The molecule has 2 rings (SSSR count). The van der Waals surface area contributed by atoms with Gasteiger partial charge in [-0.3, -0.25) is 4.79 Å². The van der Waals surface area contributed by atoms with E-state index in [0.29, 0.717) is 22.6 Å². The van der Waals surface area contributed by atoms with Gasteiger partial charge < -0.3 is 10.1 Å². The van der Waals surface area contributed by atoms with Crippen LogP contribution in [0.25, 0.3) is 0 Å². The van der Waals surface area contributed by atoms with Gasteiger partial charge in [0.2, 0.25) is 10.0 Å². The molecule has 122 valence electrons. The van der Waals surface area contributed by atoms with Crippen LogP contribution in [0.1, 0.15) is 15.9 Å². The molecule has 0 aliphatic heterocycles. The lowest BCUT2D eigenvalue weighted by atomic mass is 10.1. The maximum Gasteiger partial charge on any atom is 0.259 e. The van der Waals surface area contributed by atoms with E-state index in [0.717, 1.165) is 0 Å². The summed E-state index contributed by atoms with van der Waals surface area (Å²) in [4.78, 5) is 12.5. The summed E-state index contributed by atoms with van der Waals surface area (Å²) >= 11 is 0. The third-order valence-electron chi connectivity index (χ3n) is 3.36. The van der Waals surface area contributed by atoms with E-state index in [1.165, 1.54) is 20.2 Å². The molecule has 1 amide bonds. The Balaban J connectivity index is 2.34. The first-order chi connectivity index (χ1) is 10.9. The Morgan fingerprint density at radius 1 is 1.13 bits per heavy atom. The first kappa shape index (κ1) is 17.0. The minimum Gasteiger partial charge on any atom is -0.496 e. The highest BCUT2D eigenvalue weighted by Crippen LogP contribution is 2.22. The number of sulfonamides is 1. The van der Waals surface area contributed by atoms with Crippen molar-refractivity contribution >= 4 is 21.6 Å². The highest BCUT2D eigenvalue weighted by Gasteiger charge is 2.17. The van der Waals surface area contributed by atoms with Crippen molar-refractivity contribution in [3.63, 3.8) is 0 Å². The van der Waals surface area contributed by atoms with E-state index in [4.69, 9.17) is 4.74 Å². The zero-order chi connectivity index (χ0) is 17.0. The molecule has 0 bridgehead atoms. The van der Waals surface area contributed by atoms with E-state index in [9.17, 15) is 13.2 Å².